The van der Waals surface area contributed by atoms with Crippen molar-refractivity contribution >= 4 is 22.7 Å². The summed E-state index contributed by atoms with van der Waals surface area (Å²) in [5, 5.41) is -0.106. The molecule has 0 fully saturated rings. The number of alkyl halides is 2. The SMILES string of the molecule is FC(F)Oc1cccc2nc(Cl)oc12. The predicted molar refractivity (Wildman–Crippen MR) is 45.7 cm³/mol. The van der Waals surface area contributed by atoms with E-state index in [0.29, 0.717) is 5.52 Å². The molecule has 0 aliphatic heterocycles. The maximum absolute atomic E-state index is 11.9. The second kappa shape index (κ2) is 3.42. The fourth-order valence-corrected chi connectivity index (χ4v) is 1.25. The highest BCUT2D eigenvalue weighted by Crippen LogP contribution is 2.28. The Morgan fingerprint density at radius 1 is 1.43 bits per heavy atom. The Kier molecular flexibility index (Phi) is 2.25. The van der Waals surface area contributed by atoms with Crippen LogP contribution in [0.15, 0.2) is 22.6 Å². The average Bonchev–Trinajstić information content (AvgIpc) is 2.45. The van der Waals surface area contributed by atoms with Crippen molar-refractivity contribution < 1.29 is 17.9 Å². The lowest BCUT2D eigenvalue weighted by Gasteiger charge is -2.02. The Morgan fingerprint density at radius 2 is 2.21 bits per heavy atom. The van der Waals surface area contributed by atoms with E-state index in [1.165, 1.54) is 12.1 Å². The zero-order valence-corrected chi connectivity index (χ0v) is 7.46. The predicted octanol–water partition coefficient (Wildman–Crippen LogP) is 3.08. The molecule has 0 N–H and O–H groups in total. The van der Waals surface area contributed by atoms with Gasteiger partial charge in [0.2, 0.25) is 0 Å². The summed E-state index contributed by atoms with van der Waals surface area (Å²) in [6.07, 6.45) is 0. The van der Waals surface area contributed by atoms with Crippen LogP contribution in [0, 0.1) is 0 Å². The molecular formula is C8H4ClF2NO2. The summed E-state index contributed by atoms with van der Waals surface area (Å²) >= 11 is 5.47. The Hall–Kier alpha value is -1.36. The zero-order chi connectivity index (χ0) is 10.1. The second-order valence-corrected chi connectivity index (χ2v) is 2.77. The Labute approximate surface area is 82.2 Å². The summed E-state index contributed by atoms with van der Waals surface area (Å²) in [4.78, 5) is 3.75. The van der Waals surface area contributed by atoms with Crippen LogP contribution in [0.2, 0.25) is 5.35 Å². The molecule has 0 aliphatic carbocycles. The van der Waals surface area contributed by atoms with Crippen molar-refractivity contribution in [2.24, 2.45) is 0 Å². The summed E-state index contributed by atoms with van der Waals surface area (Å²) in [7, 11) is 0. The van der Waals surface area contributed by atoms with Gasteiger partial charge in [-0.05, 0) is 23.7 Å². The highest BCUT2D eigenvalue weighted by atomic mass is 35.5. The first-order valence-electron chi connectivity index (χ1n) is 3.66. The molecule has 3 nitrogen and oxygen atoms in total. The lowest BCUT2D eigenvalue weighted by Crippen LogP contribution is -2.01. The number of fused-ring (bicyclic) bond motifs is 1. The van der Waals surface area contributed by atoms with Gasteiger partial charge in [0, 0.05) is 0 Å². The first-order valence-corrected chi connectivity index (χ1v) is 4.04. The molecule has 0 saturated heterocycles. The molecule has 0 bridgehead atoms. The number of oxazole rings is 1. The topological polar surface area (TPSA) is 35.3 Å². The zero-order valence-electron chi connectivity index (χ0n) is 6.71. The van der Waals surface area contributed by atoms with Crippen LogP contribution in [0.1, 0.15) is 0 Å². The molecule has 0 atom stereocenters. The number of halogens is 3. The van der Waals surface area contributed by atoms with Gasteiger partial charge in [0.1, 0.15) is 5.52 Å². The van der Waals surface area contributed by atoms with Gasteiger partial charge in [-0.15, -0.1) is 0 Å². The minimum atomic E-state index is -2.90. The normalized spacial score (nSPS) is 11.1. The molecule has 14 heavy (non-hydrogen) atoms. The molecule has 0 spiro atoms. The quantitative estimate of drug-likeness (QED) is 0.779. The summed E-state index contributed by atoms with van der Waals surface area (Å²) in [5.41, 5.74) is 0.506. The molecule has 2 aromatic rings. The molecule has 2 rings (SSSR count). The van der Waals surface area contributed by atoms with Gasteiger partial charge in [-0.3, -0.25) is 0 Å². The van der Waals surface area contributed by atoms with Crippen molar-refractivity contribution in [1.29, 1.82) is 0 Å². The van der Waals surface area contributed by atoms with E-state index < -0.39 is 6.61 Å². The van der Waals surface area contributed by atoms with Gasteiger partial charge in [-0.2, -0.15) is 13.8 Å². The van der Waals surface area contributed by atoms with Crippen LogP contribution >= 0.6 is 11.6 Å². The lowest BCUT2D eigenvalue weighted by atomic mass is 10.3. The van der Waals surface area contributed by atoms with Gasteiger partial charge in [0.05, 0.1) is 0 Å². The third-order valence-electron chi connectivity index (χ3n) is 1.57. The number of benzene rings is 1. The van der Waals surface area contributed by atoms with Crippen molar-refractivity contribution in [1.82, 2.24) is 4.98 Å². The molecule has 1 aromatic carbocycles. The lowest BCUT2D eigenvalue weighted by molar-refractivity contribution is -0.0493. The van der Waals surface area contributed by atoms with Crippen LogP contribution in [-0.4, -0.2) is 11.6 Å². The highest BCUT2D eigenvalue weighted by molar-refractivity contribution is 6.28. The van der Waals surface area contributed by atoms with Crippen molar-refractivity contribution in [2.75, 3.05) is 0 Å². The number of aromatic nitrogens is 1. The Morgan fingerprint density at radius 3 is 2.93 bits per heavy atom. The third-order valence-corrected chi connectivity index (χ3v) is 1.73. The first kappa shape index (κ1) is 9.21. The van der Waals surface area contributed by atoms with Crippen LogP contribution in [0.3, 0.4) is 0 Å². The van der Waals surface area contributed by atoms with Gasteiger partial charge in [0.15, 0.2) is 11.3 Å². The number of para-hydroxylation sites is 1. The van der Waals surface area contributed by atoms with Crippen molar-refractivity contribution in [3.8, 4) is 5.75 Å². The van der Waals surface area contributed by atoms with Gasteiger partial charge in [0.25, 0.3) is 5.35 Å². The van der Waals surface area contributed by atoms with E-state index >= 15 is 0 Å². The number of hydrogen-bond donors (Lipinski definition) is 0. The van der Waals surface area contributed by atoms with Gasteiger partial charge in [-0.25, -0.2) is 0 Å². The van der Waals surface area contributed by atoms with E-state index in [-0.39, 0.29) is 16.7 Å². The molecule has 0 unspecified atom stereocenters. The Bertz CT molecular complexity index is 458. The third kappa shape index (κ3) is 1.63. The van der Waals surface area contributed by atoms with Crippen LogP contribution in [-0.2, 0) is 0 Å². The van der Waals surface area contributed by atoms with Crippen LogP contribution in [0.4, 0.5) is 8.78 Å². The van der Waals surface area contributed by atoms with Gasteiger partial charge < -0.3 is 9.15 Å². The van der Waals surface area contributed by atoms with E-state index in [9.17, 15) is 8.78 Å². The molecule has 74 valence electrons. The minimum Gasteiger partial charge on any atom is -0.431 e. The van der Waals surface area contributed by atoms with Crippen LogP contribution in [0.25, 0.3) is 11.1 Å². The van der Waals surface area contributed by atoms with Gasteiger partial charge >= 0.3 is 6.61 Å². The molecule has 1 aromatic heterocycles. The van der Waals surface area contributed by atoms with E-state index in [0.717, 1.165) is 0 Å². The molecule has 6 heteroatoms. The molecule has 1 heterocycles. The summed E-state index contributed by atoms with van der Waals surface area (Å²) in [6.45, 7) is -2.90. The molecule has 0 aliphatic rings. The standard InChI is InChI=1S/C8H4ClF2NO2/c9-7-12-4-2-1-3-5(6(4)14-7)13-8(10)11/h1-3,8H. The highest BCUT2D eigenvalue weighted by Gasteiger charge is 2.12. The Balaban J connectivity index is 2.53. The van der Waals surface area contributed by atoms with Crippen LogP contribution < -0.4 is 4.74 Å². The summed E-state index contributed by atoms with van der Waals surface area (Å²) in [5.74, 6) is -0.0723. The monoisotopic (exact) mass is 219 g/mol. The first-order chi connectivity index (χ1) is 6.66. The van der Waals surface area contributed by atoms with Crippen LogP contribution in [0.5, 0.6) is 5.75 Å². The fourth-order valence-electron chi connectivity index (χ4n) is 1.09. The minimum absolute atomic E-state index is 0.0723. The second-order valence-electron chi connectivity index (χ2n) is 2.45. The van der Waals surface area contributed by atoms with E-state index in [4.69, 9.17) is 16.0 Å². The van der Waals surface area contributed by atoms with E-state index in [1.807, 2.05) is 0 Å². The van der Waals surface area contributed by atoms with E-state index in [1.54, 1.807) is 6.07 Å². The molecular weight excluding hydrogens is 216 g/mol. The summed E-state index contributed by atoms with van der Waals surface area (Å²) in [6, 6.07) is 4.47. The number of hydrogen-bond acceptors (Lipinski definition) is 3. The van der Waals surface area contributed by atoms with Gasteiger partial charge in [-0.1, -0.05) is 6.07 Å². The molecule has 0 amide bonds. The average molecular weight is 220 g/mol. The summed E-state index contributed by atoms with van der Waals surface area (Å²) < 4.78 is 33.0. The maximum Gasteiger partial charge on any atom is 0.387 e. The largest absolute Gasteiger partial charge is 0.431 e. The number of rotatable bonds is 2. The molecule has 0 saturated carbocycles. The molecule has 0 radical (unpaired) electrons. The van der Waals surface area contributed by atoms with Crippen molar-refractivity contribution in [2.45, 2.75) is 6.61 Å². The van der Waals surface area contributed by atoms with Crippen molar-refractivity contribution in [3.63, 3.8) is 0 Å². The van der Waals surface area contributed by atoms with E-state index in [2.05, 4.69) is 9.72 Å². The fraction of sp³-hybridized carbons (Fsp3) is 0.125. The van der Waals surface area contributed by atoms with Crippen molar-refractivity contribution in [3.05, 3.63) is 23.5 Å². The smallest absolute Gasteiger partial charge is 0.387 e. The number of ether oxygens (including phenoxy) is 1. The number of nitrogens with zero attached hydrogens (tertiary/aromatic N) is 1. The maximum atomic E-state index is 11.9.